The number of nitrogens with one attached hydrogen (secondary N) is 1. The summed E-state index contributed by atoms with van der Waals surface area (Å²) < 4.78 is 24.4. The van der Waals surface area contributed by atoms with Gasteiger partial charge in [-0.2, -0.15) is 0 Å². The zero-order valence-corrected chi connectivity index (χ0v) is 17.1. The van der Waals surface area contributed by atoms with Gasteiger partial charge in [-0.3, -0.25) is 9.59 Å². The molecule has 0 bridgehead atoms. The molecule has 0 spiro atoms. The summed E-state index contributed by atoms with van der Waals surface area (Å²) in [5.41, 5.74) is 1.17. The zero-order chi connectivity index (χ0) is 22.1. The van der Waals surface area contributed by atoms with E-state index in [9.17, 15) is 14.0 Å². The Labute approximate surface area is 180 Å². The zero-order valence-electron chi connectivity index (χ0n) is 17.1. The molecule has 1 amide bonds. The number of rotatable bonds is 10. The molecule has 2 aromatic carbocycles. The van der Waals surface area contributed by atoms with Gasteiger partial charge in [-0.05, 0) is 49.4 Å². The van der Waals surface area contributed by atoms with Gasteiger partial charge in [0.1, 0.15) is 17.3 Å². The van der Waals surface area contributed by atoms with Crippen LogP contribution >= 0.6 is 0 Å². The summed E-state index contributed by atoms with van der Waals surface area (Å²) in [6.45, 7) is 2.62. The van der Waals surface area contributed by atoms with E-state index >= 15 is 0 Å². The fourth-order valence-electron chi connectivity index (χ4n) is 2.85. The molecule has 1 heterocycles. The molecule has 0 radical (unpaired) electrons. The molecule has 7 heteroatoms. The molecule has 0 aliphatic rings. The van der Waals surface area contributed by atoms with E-state index in [2.05, 4.69) is 10.3 Å². The van der Waals surface area contributed by atoms with Gasteiger partial charge in [-0.25, -0.2) is 9.37 Å². The highest BCUT2D eigenvalue weighted by atomic mass is 19.1. The van der Waals surface area contributed by atoms with Crippen LogP contribution in [0.4, 0.5) is 4.39 Å². The number of ketones is 1. The number of hydrogen-bond donors (Lipinski definition) is 1. The number of Topliss-reactive ketones (excluding diaryl/α,β-unsaturated/α-hetero) is 1. The second-order valence-corrected chi connectivity index (χ2v) is 6.68. The SMILES string of the molecule is CCOc1ccc(C(=O)CCC(=O)NCc2cccnc2Oc2cccc(F)c2)cc1. The number of carbonyl (C=O) groups excluding carboxylic acids is 2. The molecule has 0 unspecified atom stereocenters. The number of halogens is 1. The molecular formula is C24H23FN2O4. The lowest BCUT2D eigenvalue weighted by atomic mass is 10.1. The predicted molar refractivity (Wildman–Crippen MR) is 114 cm³/mol. The summed E-state index contributed by atoms with van der Waals surface area (Å²) in [7, 11) is 0. The molecule has 0 saturated heterocycles. The van der Waals surface area contributed by atoms with Crippen molar-refractivity contribution >= 4 is 11.7 Å². The van der Waals surface area contributed by atoms with Gasteiger partial charge in [0, 0.05) is 42.8 Å². The van der Waals surface area contributed by atoms with Crippen LogP contribution in [0.5, 0.6) is 17.4 Å². The van der Waals surface area contributed by atoms with Gasteiger partial charge in [-0.15, -0.1) is 0 Å². The normalized spacial score (nSPS) is 10.4. The Morgan fingerprint density at radius 2 is 1.81 bits per heavy atom. The largest absolute Gasteiger partial charge is 0.494 e. The van der Waals surface area contributed by atoms with Gasteiger partial charge in [0.05, 0.1) is 6.61 Å². The monoisotopic (exact) mass is 422 g/mol. The second-order valence-electron chi connectivity index (χ2n) is 6.68. The number of ether oxygens (including phenoxy) is 2. The first-order valence-electron chi connectivity index (χ1n) is 9.95. The van der Waals surface area contributed by atoms with Crippen molar-refractivity contribution in [2.24, 2.45) is 0 Å². The van der Waals surface area contributed by atoms with E-state index in [1.165, 1.54) is 18.2 Å². The summed E-state index contributed by atoms with van der Waals surface area (Å²) in [6, 6.07) is 16.1. The third-order valence-electron chi connectivity index (χ3n) is 4.40. The van der Waals surface area contributed by atoms with Crippen LogP contribution in [-0.2, 0) is 11.3 Å². The number of hydrogen-bond acceptors (Lipinski definition) is 5. The van der Waals surface area contributed by atoms with Crippen molar-refractivity contribution in [1.29, 1.82) is 0 Å². The molecule has 3 aromatic rings. The molecule has 0 fully saturated rings. The third-order valence-corrected chi connectivity index (χ3v) is 4.40. The second kappa shape index (κ2) is 10.9. The van der Waals surface area contributed by atoms with E-state index in [0.29, 0.717) is 29.2 Å². The molecule has 1 N–H and O–H groups in total. The van der Waals surface area contributed by atoms with Crippen molar-refractivity contribution in [2.75, 3.05) is 6.61 Å². The van der Waals surface area contributed by atoms with Crippen LogP contribution in [0.1, 0.15) is 35.7 Å². The summed E-state index contributed by atoms with van der Waals surface area (Å²) >= 11 is 0. The summed E-state index contributed by atoms with van der Waals surface area (Å²) in [5.74, 6) is 0.491. The van der Waals surface area contributed by atoms with Gasteiger partial charge in [0.25, 0.3) is 0 Å². The molecular weight excluding hydrogens is 399 g/mol. The van der Waals surface area contributed by atoms with Crippen LogP contribution in [0, 0.1) is 5.82 Å². The maximum absolute atomic E-state index is 13.4. The van der Waals surface area contributed by atoms with Crippen LogP contribution in [0.15, 0.2) is 66.9 Å². The topological polar surface area (TPSA) is 77.5 Å². The Morgan fingerprint density at radius 1 is 1.00 bits per heavy atom. The molecule has 0 aliphatic heterocycles. The molecule has 0 aliphatic carbocycles. The highest BCUT2D eigenvalue weighted by Gasteiger charge is 2.12. The summed E-state index contributed by atoms with van der Waals surface area (Å²) in [5, 5.41) is 2.76. The molecule has 6 nitrogen and oxygen atoms in total. The molecule has 0 atom stereocenters. The molecule has 0 saturated carbocycles. The highest BCUT2D eigenvalue weighted by Crippen LogP contribution is 2.23. The van der Waals surface area contributed by atoms with Crippen molar-refractivity contribution in [3.05, 3.63) is 83.8 Å². The standard InChI is InChI=1S/C24H23FN2O4/c1-2-30-20-10-8-17(9-11-20)22(28)12-13-23(29)27-16-18-5-4-14-26-24(18)31-21-7-3-6-19(25)15-21/h3-11,14-15H,2,12-13,16H2,1H3,(H,27,29). The van der Waals surface area contributed by atoms with Crippen LogP contribution in [0.2, 0.25) is 0 Å². The highest BCUT2D eigenvalue weighted by molar-refractivity contribution is 5.98. The minimum atomic E-state index is -0.416. The maximum atomic E-state index is 13.4. The van der Waals surface area contributed by atoms with Crippen LogP contribution < -0.4 is 14.8 Å². The molecule has 31 heavy (non-hydrogen) atoms. The van der Waals surface area contributed by atoms with E-state index in [0.717, 1.165) is 0 Å². The molecule has 3 rings (SSSR count). The fraction of sp³-hybridized carbons (Fsp3) is 0.208. The number of benzene rings is 2. The van der Waals surface area contributed by atoms with Crippen molar-refractivity contribution in [2.45, 2.75) is 26.3 Å². The smallest absolute Gasteiger partial charge is 0.224 e. The van der Waals surface area contributed by atoms with Gasteiger partial charge in [0.2, 0.25) is 11.8 Å². The number of amides is 1. The lowest BCUT2D eigenvalue weighted by Crippen LogP contribution is -2.23. The summed E-state index contributed by atoms with van der Waals surface area (Å²) in [4.78, 5) is 28.7. The van der Waals surface area contributed by atoms with Gasteiger partial charge in [-0.1, -0.05) is 12.1 Å². The molecule has 1 aromatic heterocycles. The van der Waals surface area contributed by atoms with Crippen LogP contribution in [-0.4, -0.2) is 23.3 Å². The van der Waals surface area contributed by atoms with Gasteiger partial charge >= 0.3 is 0 Å². The van der Waals surface area contributed by atoms with E-state index in [1.54, 1.807) is 48.7 Å². The quantitative estimate of drug-likeness (QED) is 0.480. The average Bonchev–Trinajstić information content (AvgIpc) is 2.77. The van der Waals surface area contributed by atoms with Crippen molar-refractivity contribution in [3.63, 3.8) is 0 Å². The predicted octanol–water partition coefficient (Wildman–Crippen LogP) is 4.69. The average molecular weight is 422 g/mol. The van der Waals surface area contributed by atoms with Gasteiger partial charge < -0.3 is 14.8 Å². The Hall–Kier alpha value is -3.74. The Balaban J connectivity index is 1.51. The fourth-order valence-corrected chi connectivity index (χ4v) is 2.85. The minimum absolute atomic E-state index is 0.0619. The number of pyridine rings is 1. The Kier molecular flexibility index (Phi) is 7.70. The summed E-state index contributed by atoms with van der Waals surface area (Å²) in [6.07, 6.45) is 1.71. The lowest BCUT2D eigenvalue weighted by molar-refractivity contribution is -0.121. The molecule has 160 valence electrons. The third kappa shape index (κ3) is 6.64. The Morgan fingerprint density at radius 3 is 2.55 bits per heavy atom. The first-order chi connectivity index (χ1) is 15.0. The maximum Gasteiger partial charge on any atom is 0.224 e. The van der Waals surface area contributed by atoms with Crippen molar-refractivity contribution < 1.29 is 23.5 Å². The van der Waals surface area contributed by atoms with E-state index < -0.39 is 5.82 Å². The number of aromatic nitrogens is 1. The van der Waals surface area contributed by atoms with E-state index in [4.69, 9.17) is 9.47 Å². The first kappa shape index (κ1) is 22.0. The van der Waals surface area contributed by atoms with Crippen LogP contribution in [0.25, 0.3) is 0 Å². The number of carbonyl (C=O) groups is 2. The number of nitrogens with zero attached hydrogens (tertiary/aromatic N) is 1. The van der Waals surface area contributed by atoms with Gasteiger partial charge in [0.15, 0.2) is 5.78 Å². The van der Waals surface area contributed by atoms with Crippen molar-refractivity contribution in [3.8, 4) is 17.4 Å². The lowest BCUT2D eigenvalue weighted by Gasteiger charge is -2.11. The minimum Gasteiger partial charge on any atom is -0.494 e. The van der Waals surface area contributed by atoms with E-state index in [-0.39, 0.29) is 37.0 Å². The van der Waals surface area contributed by atoms with Crippen LogP contribution in [0.3, 0.4) is 0 Å². The van der Waals surface area contributed by atoms with E-state index in [1.807, 2.05) is 6.92 Å². The first-order valence-corrected chi connectivity index (χ1v) is 9.95. The Bertz CT molecular complexity index is 1040. The van der Waals surface area contributed by atoms with Crippen molar-refractivity contribution in [1.82, 2.24) is 10.3 Å².